The third-order valence-electron chi connectivity index (χ3n) is 12.6. The Morgan fingerprint density at radius 1 is 1.15 bits per heavy atom. The van der Waals surface area contributed by atoms with Crippen LogP contribution in [-0.4, -0.2) is 44.9 Å². The van der Waals surface area contributed by atoms with Crippen LogP contribution < -0.4 is 4.74 Å². The molecule has 1 saturated heterocycles. The molecule has 5 saturated carbocycles. The molecule has 1 aromatic rings. The molecular weight excluding hydrogens is 410 g/mol. The molecular formula is C29H39NO3. The van der Waals surface area contributed by atoms with Crippen LogP contribution in [0.1, 0.15) is 84.3 Å². The fraction of sp³-hybridized carbons (Fsp3) is 0.793. The maximum absolute atomic E-state index is 12.1. The van der Waals surface area contributed by atoms with E-state index in [-0.39, 0.29) is 39.2 Å². The summed E-state index contributed by atoms with van der Waals surface area (Å²) in [5.74, 6) is 2.20. The van der Waals surface area contributed by atoms with Crippen molar-refractivity contribution in [2.24, 2.45) is 28.1 Å². The number of ether oxygens (including phenoxy) is 1. The summed E-state index contributed by atoms with van der Waals surface area (Å²) in [6.45, 7) is 12.4. The fourth-order valence-corrected chi connectivity index (χ4v) is 10.6. The number of likely N-dealkylation sites (tertiary alicyclic amines) is 1. The Morgan fingerprint density at radius 3 is 2.61 bits per heavy atom. The minimum absolute atomic E-state index is 0.0108. The Balaban J connectivity index is 1.37. The Morgan fingerprint density at radius 2 is 1.91 bits per heavy atom. The van der Waals surface area contributed by atoms with Gasteiger partial charge >= 0.3 is 0 Å². The first kappa shape index (κ1) is 20.0. The van der Waals surface area contributed by atoms with Crippen LogP contribution in [0.2, 0.25) is 0 Å². The molecule has 178 valence electrons. The molecule has 7 unspecified atom stereocenters. The van der Waals surface area contributed by atoms with Crippen LogP contribution in [0.5, 0.6) is 11.5 Å². The van der Waals surface area contributed by atoms with Crippen LogP contribution in [0.3, 0.4) is 0 Å². The van der Waals surface area contributed by atoms with Gasteiger partial charge in [0.05, 0.1) is 5.60 Å². The number of piperidine rings is 1. The molecule has 0 aromatic heterocycles. The van der Waals surface area contributed by atoms with Gasteiger partial charge in [-0.25, -0.2) is 0 Å². The number of phenolic OH excluding ortho intramolecular Hbond substituents is 1. The van der Waals surface area contributed by atoms with Gasteiger partial charge in [0.1, 0.15) is 6.10 Å². The van der Waals surface area contributed by atoms with E-state index in [2.05, 4.69) is 45.6 Å². The summed E-state index contributed by atoms with van der Waals surface area (Å²) in [6.07, 6.45) is 8.62. The molecule has 6 aliphatic carbocycles. The molecule has 4 nitrogen and oxygen atoms in total. The number of rotatable bonds is 3. The number of nitrogens with zero attached hydrogens (tertiary/aromatic N) is 1. The lowest BCUT2D eigenvalue weighted by molar-refractivity contribution is -0.246. The molecule has 9 rings (SSSR count). The molecule has 1 aromatic carbocycles. The molecule has 2 N–H and O–H groups in total. The van der Waals surface area contributed by atoms with Gasteiger partial charge in [0, 0.05) is 39.9 Å². The van der Waals surface area contributed by atoms with Gasteiger partial charge < -0.3 is 14.9 Å². The molecule has 33 heavy (non-hydrogen) atoms. The number of benzene rings is 1. The maximum atomic E-state index is 12.1. The Hall–Kier alpha value is -1.26. The van der Waals surface area contributed by atoms with E-state index in [1.54, 1.807) is 0 Å². The quantitative estimate of drug-likeness (QED) is 0.652. The van der Waals surface area contributed by atoms with E-state index in [9.17, 15) is 10.2 Å². The number of aromatic hydroxyl groups is 1. The zero-order valence-corrected chi connectivity index (χ0v) is 20.9. The molecule has 0 amide bonds. The summed E-state index contributed by atoms with van der Waals surface area (Å²) in [7, 11) is 0. The van der Waals surface area contributed by atoms with Crippen molar-refractivity contribution in [2.75, 3.05) is 6.54 Å². The lowest BCUT2D eigenvalue weighted by atomic mass is 9.35. The van der Waals surface area contributed by atoms with Gasteiger partial charge in [0.2, 0.25) is 0 Å². The van der Waals surface area contributed by atoms with Crippen LogP contribution >= 0.6 is 0 Å². The SMILES string of the molecule is CC12CCC3(CC1C(C)(O)C(C)(C)C)[C@@H]1N(CC4CC4)C14Cc1ccc(O)c5c1[C@@]3(C4)C2O5. The first-order valence-corrected chi connectivity index (χ1v) is 13.4. The summed E-state index contributed by atoms with van der Waals surface area (Å²) in [4.78, 5) is 2.91. The largest absolute Gasteiger partial charge is 0.504 e. The van der Waals surface area contributed by atoms with Crippen LogP contribution in [0.4, 0.5) is 0 Å². The van der Waals surface area contributed by atoms with Crippen molar-refractivity contribution >= 4 is 0 Å². The summed E-state index contributed by atoms with van der Waals surface area (Å²) in [5, 5.41) is 23.1. The van der Waals surface area contributed by atoms with Gasteiger partial charge in [0.15, 0.2) is 11.5 Å². The van der Waals surface area contributed by atoms with Crippen molar-refractivity contribution in [2.45, 2.75) is 108 Å². The van der Waals surface area contributed by atoms with Crippen molar-refractivity contribution in [1.29, 1.82) is 0 Å². The summed E-state index contributed by atoms with van der Waals surface area (Å²) in [5.41, 5.74) is 2.17. The number of hydrogen-bond acceptors (Lipinski definition) is 4. The molecule has 4 heteroatoms. The summed E-state index contributed by atoms with van der Waals surface area (Å²) in [6, 6.07) is 4.70. The molecule has 9 atom stereocenters. The van der Waals surface area contributed by atoms with E-state index < -0.39 is 5.60 Å². The average Bonchev–Trinajstić information content (AvgIpc) is 3.59. The standard InChI is InChI=1S/C29H39NO3/c1-24(2,3)26(5,32)19-13-27-11-10-25(19,4)23-29(27)15-28(22(27)30(28)14-16-6-7-16)12-17-8-9-18(31)21(33-23)20(17)29/h8-9,16,19,22-23,31-32H,6-7,10-15H2,1-5H3/t19?,22-,23?,25?,26?,27?,28?,29-,30?/m0/s1. The van der Waals surface area contributed by atoms with E-state index in [4.69, 9.17) is 4.74 Å². The number of fused-ring (bicyclic) bond motifs is 2. The molecule has 2 heterocycles. The van der Waals surface area contributed by atoms with E-state index in [0.717, 1.165) is 30.9 Å². The highest BCUT2D eigenvalue weighted by Gasteiger charge is 2.91. The fourth-order valence-electron chi connectivity index (χ4n) is 10.6. The number of hydrogen-bond donors (Lipinski definition) is 2. The van der Waals surface area contributed by atoms with Crippen molar-refractivity contribution in [3.63, 3.8) is 0 Å². The first-order valence-electron chi connectivity index (χ1n) is 13.4. The lowest BCUT2D eigenvalue weighted by Gasteiger charge is -2.70. The second-order valence-corrected chi connectivity index (χ2v) is 14.7. The van der Waals surface area contributed by atoms with Crippen LogP contribution in [0, 0.1) is 28.1 Å². The summed E-state index contributed by atoms with van der Waals surface area (Å²) < 4.78 is 6.94. The second kappa shape index (κ2) is 5.14. The predicted octanol–water partition coefficient (Wildman–Crippen LogP) is 4.79. The van der Waals surface area contributed by atoms with Gasteiger partial charge in [-0.15, -0.1) is 0 Å². The second-order valence-electron chi connectivity index (χ2n) is 14.7. The van der Waals surface area contributed by atoms with Crippen LogP contribution in [-0.2, 0) is 11.8 Å². The zero-order valence-electron chi connectivity index (χ0n) is 20.9. The molecule has 6 fully saturated rings. The highest BCUT2D eigenvalue weighted by Crippen LogP contribution is 2.87. The van der Waals surface area contributed by atoms with Crippen LogP contribution in [0.25, 0.3) is 0 Å². The van der Waals surface area contributed by atoms with Crippen molar-refractivity contribution in [3.05, 3.63) is 23.3 Å². The topological polar surface area (TPSA) is 52.7 Å². The number of aliphatic hydroxyl groups is 1. The minimum atomic E-state index is -0.778. The van der Waals surface area contributed by atoms with E-state index >= 15 is 0 Å². The number of phenols is 1. The normalized spacial score (nSPS) is 51.6. The van der Waals surface area contributed by atoms with E-state index in [0.29, 0.717) is 11.8 Å². The van der Waals surface area contributed by atoms with Crippen LogP contribution in [0.15, 0.2) is 12.1 Å². The maximum Gasteiger partial charge on any atom is 0.165 e. The third kappa shape index (κ3) is 1.83. The van der Waals surface area contributed by atoms with Crippen molar-refractivity contribution in [1.82, 2.24) is 4.90 Å². The first-order chi connectivity index (χ1) is 15.4. The van der Waals surface area contributed by atoms with E-state index in [1.807, 2.05) is 6.07 Å². The molecule has 4 bridgehead atoms. The van der Waals surface area contributed by atoms with E-state index in [1.165, 1.54) is 43.4 Å². The van der Waals surface area contributed by atoms with Crippen molar-refractivity contribution < 1.29 is 14.9 Å². The van der Waals surface area contributed by atoms with Gasteiger partial charge in [0.25, 0.3) is 0 Å². The molecule has 2 aliphatic heterocycles. The smallest absolute Gasteiger partial charge is 0.165 e. The molecule has 3 spiro atoms. The Labute approximate surface area is 197 Å². The zero-order chi connectivity index (χ0) is 23.0. The monoisotopic (exact) mass is 449 g/mol. The average molecular weight is 450 g/mol. The third-order valence-corrected chi connectivity index (χ3v) is 12.6. The summed E-state index contributed by atoms with van der Waals surface area (Å²) >= 11 is 0. The van der Waals surface area contributed by atoms with Gasteiger partial charge in [-0.1, -0.05) is 33.8 Å². The predicted molar refractivity (Wildman–Crippen MR) is 126 cm³/mol. The van der Waals surface area contributed by atoms with Gasteiger partial charge in [-0.3, -0.25) is 4.90 Å². The molecule has 0 radical (unpaired) electrons. The molecule has 8 aliphatic rings. The Bertz CT molecular complexity index is 1120. The highest BCUT2D eigenvalue weighted by atomic mass is 16.5. The van der Waals surface area contributed by atoms with Gasteiger partial charge in [-0.05, 0) is 80.8 Å². The van der Waals surface area contributed by atoms with Gasteiger partial charge in [-0.2, -0.15) is 0 Å². The Kier molecular flexibility index (Phi) is 3.11. The van der Waals surface area contributed by atoms with Crippen molar-refractivity contribution in [3.8, 4) is 11.5 Å². The highest BCUT2D eigenvalue weighted by molar-refractivity contribution is 5.67. The minimum Gasteiger partial charge on any atom is -0.504 e. The lowest BCUT2D eigenvalue weighted by Crippen LogP contribution is -2.73.